The molecule has 1 heterocycles. The lowest BCUT2D eigenvalue weighted by Crippen LogP contribution is -2.50. The molecule has 1 aliphatic heterocycles. The average molecular weight is 353 g/mol. The molecule has 1 amide bonds. The van der Waals surface area contributed by atoms with Crippen LogP contribution < -0.4 is 14.8 Å². The van der Waals surface area contributed by atoms with Crippen molar-refractivity contribution in [2.45, 2.75) is 17.9 Å². The summed E-state index contributed by atoms with van der Waals surface area (Å²) in [6, 6.07) is 5.03. The highest BCUT2D eigenvalue weighted by Gasteiger charge is 2.19. The highest BCUT2D eigenvalue weighted by molar-refractivity contribution is 7.89. The Morgan fingerprint density at radius 2 is 2.21 bits per heavy atom. The van der Waals surface area contributed by atoms with E-state index in [0.29, 0.717) is 18.7 Å². The minimum absolute atomic E-state index is 0.0397. The van der Waals surface area contributed by atoms with Crippen molar-refractivity contribution in [2.75, 3.05) is 33.8 Å². The molecule has 7 nitrogen and oxygen atoms in total. The van der Waals surface area contributed by atoms with Gasteiger partial charge in [-0.2, -0.15) is 0 Å². The lowest BCUT2D eigenvalue weighted by atomic mass is 10.2. The zero-order valence-electron chi connectivity index (χ0n) is 14.1. The number of sulfonamides is 1. The first-order valence-electron chi connectivity index (χ1n) is 7.69. The molecule has 0 bridgehead atoms. The Labute approximate surface area is 142 Å². The highest BCUT2D eigenvalue weighted by atomic mass is 32.2. The number of benzene rings is 1. The van der Waals surface area contributed by atoms with Crippen molar-refractivity contribution in [1.29, 1.82) is 0 Å². The highest BCUT2D eigenvalue weighted by Crippen LogP contribution is 2.25. The largest absolute Gasteiger partial charge is 0.495 e. The Balaban J connectivity index is 2.20. The fourth-order valence-corrected chi connectivity index (χ4v) is 3.45. The molecule has 0 aliphatic carbocycles. The molecule has 0 spiro atoms. The second kappa shape index (κ2) is 7.78. The quantitative estimate of drug-likeness (QED) is 0.750. The van der Waals surface area contributed by atoms with E-state index in [1.54, 1.807) is 23.1 Å². The molecule has 8 heteroatoms. The first-order valence-corrected chi connectivity index (χ1v) is 9.17. The summed E-state index contributed by atoms with van der Waals surface area (Å²) in [4.78, 5) is 14.0. The number of hydrogen-bond donors (Lipinski definition) is 2. The molecule has 0 aromatic heterocycles. The standard InChI is InChI=1S/C16H23N3O4S/c1-12-11-19(9-8-18-12)16(20)7-5-13-4-6-14(23-3)15(10-13)24(21,22)17-2/h4-7,10,12,17-18H,8-9,11H2,1-3H3. The molecule has 24 heavy (non-hydrogen) atoms. The van der Waals surface area contributed by atoms with Crippen molar-refractivity contribution in [3.05, 3.63) is 29.8 Å². The van der Waals surface area contributed by atoms with Gasteiger partial charge in [0.2, 0.25) is 15.9 Å². The van der Waals surface area contributed by atoms with Gasteiger partial charge in [-0.3, -0.25) is 4.79 Å². The van der Waals surface area contributed by atoms with Crippen molar-refractivity contribution < 1.29 is 17.9 Å². The van der Waals surface area contributed by atoms with Crippen LogP contribution in [0.2, 0.25) is 0 Å². The van der Waals surface area contributed by atoms with Crippen LogP contribution in [0.5, 0.6) is 5.75 Å². The maximum absolute atomic E-state index is 12.2. The van der Waals surface area contributed by atoms with Gasteiger partial charge in [0.1, 0.15) is 10.6 Å². The van der Waals surface area contributed by atoms with E-state index in [-0.39, 0.29) is 22.6 Å². The van der Waals surface area contributed by atoms with Gasteiger partial charge in [-0.05, 0) is 37.7 Å². The van der Waals surface area contributed by atoms with Gasteiger partial charge in [0.25, 0.3) is 0 Å². The van der Waals surface area contributed by atoms with Crippen LogP contribution in [-0.2, 0) is 14.8 Å². The summed E-state index contributed by atoms with van der Waals surface area (Å²) in [5.41, 5.74) is 0.612. The molecule has 2 N–H and O–H groups in total. The van der Waals surface area contributed by atoms with Crippen molar-refractivity contribution in [2.24, 2.45) is 0 Å². The molecule has 2 rings (SSSR count). The summed E-state index contributed by atoms with van der Waals surface area (Å²) in [7, 11) is -0.891. The van der Waals surface area contributed by atoms with Crippen LogP contribution in [0, 0.1) is 0 Å². The summed E-state index contributed by atoms with van der Waals surface area (Å²) >= 11 is 0. The van der Waals surface area contributed by atoms with Crippen LogP contribution in [-0.4, -0.2) is 59.1 Å². The maximum Gasteiger partial charge on any atom is 0.246 e. The zero-order valence-corrected chi connectivity index (χ0v) is 14.9. The Kier molecular flexibility index (Phi) is 5.98. The van der Waals surface area contributed by atoms with E-state index in [1.165, 1.54) is 26.3 Å². The number of nitrogens with one attached hydrogen (secondary N) is 2. The molecule has 1 atom stereocenters. The number of nitrogens with zero attached hydrogens (tertiary/aromatic N) is 1. The van der Waals surface area contributed by atoms with Crippen LogP contribution >= 0.6 is 0 Å². The third kappa shape index (κ3) is 4.34. The van der Waals surface area contributed by atoms with Crippen molar-refractivity contribution >= 4 is 22.0 Å². The number of piperazine rings is 1. The Morgan fingerprint density at radius 1 is 1.46 bits per heavy atom. The summed E-state index contributed by atoms with van der Waals surface area (Å²) in [6.07, 6.45) is 3.08. The number of hydrogen-bond acceptors (Lipinski definition) is 5. The van der Waals surface area contributed by atoms with E-state index >= 15 is 0 Å². The fourth-order valence-electron chi connectivity index (χ4n) is 2.52. The molecule has 1 aromatic carbocycles. The first-order chi connectivity index (χ1) is 11.4. The van der Waals surface area contributed by atoms with Gasteiger partial charge in [-0.15, -0.1) is 0 Å². The Bertz CT molecular complexity index is 731. The van der Waals surface area contributed by atoms with E-state index in [9.17, 15) is 13.2 Å². The lowest BCUT2D eigenvalue weighted by molar-refractivity contribution is -0.127. The van der Waals surface area contributed by atoms with Gasteiger partial charge >= 0.3 is 0 Å². The van der Waals surface area contributed by atoms with Crippen LogP contribution in [0.4, 0.5) is 0 Å². The lowest BCUT2D eigenvalue weighted by Gasteiger charge is -2.31. The maximum atomic E-state index is 12.2. The molecule has 1 aliphatic rings. The van der Waals surface area contributed by atoms with Crippen molar-refractivity contribution in [3.8, 4) is 5.75 Å². The predicted octanol–water partition coefficient (Wildman–Crippen LogP) is 0.437. The van der Waals surface area contributed by atoms with E-state index in [1.807, 2.05) is 6.92 Å². The molecule has 1 unspecified atom stereocenters. The number of methoxy groups -OCH3 is 1. The van der Waals surface area contributed by atoms with Crippen LogP contribution in [0.1, 0.15) is 12.5 Å². The molecule has 1 aromatic rings. The smallest absolute Gasteiger partial charge is 0.246 e. The minimum Gasteiger partial charge on any atom is -0.495 e. The minimum atomic E-state index is -3.64. The Morgan fingerprint density at radius 3 is 2.83 bits per heavy atom. The second-order valence-electron chi connectivity index (χ2n) is 5.59. The summed E-state index contributed by atoms with van der Waals surface area (Å²) in [6.45, 7) is 4.12. The van der Waals surface area contributed by atoms with Gasteiger partial charge < -0.3 is 15.0 Å². The summed E-state index contributed by atoms with van der Waals surface area (Å²) in [5.74, 6) is 0.168. The van der Waals surface area contributed by atoms with Crippen LogP contribution in [0.25, 0.3) is 6.08 Å². The predicted molar refractivity (Wildman–Crippen MR) is 92.3 cm³/mol. The van der Waals surface area contributed by atoms with Gasteiger partial charge in [0.15, 0.2) is 0 Å². The van der Waals surface area contributed by atoms with E-state index in [0.717, 1.165) is 6.54 Å². The molecule has 1 fully saturated rings. The van der Waals surface area contributed by atoms with Crippen LogP contribution in [0.3, 0.4) is 0 Å². The van der Waals surface area contributed by atoms with E-state index in [4.69, 9.17) is 4.74 Å². The number of amides is 1. The van der Waals surface area contributed by atoms with Gasteiger partial charge in [0, 0.05) is 31.8 Å². The second-order valence-corrected chi connectivity index (χ2v) is 7.45. The summed E-state index contributed by atoms with van der Waals surface area (Å²) in [5, 5.41) is 3.28. The SMILES string of the molecule is CNS(=O)(=O)c1cc(C=CC(=O)N2CCNC(C)C2)ccc1OC. The average Bonchev–Trinajstić information content (AvgIpc) is 2.59. The third-order valence-electron chi connectivity index (χ3n) is 3.84. The van der Waals surface area contributed by atoms with E-state index < -0.39 is 10.0 Å². The molecule has 0 radical (unpaired) electrons. The van der Waals surface area contributed by atoms with E-state index in [2.05, 4.69) is 10.0 Å². The topological polar surface area (TPSA) is 87.7 Å². The first kappa shape index (κ1) is 18.4. The molecule has 0 saturated carbocycles. The van der Waals surface area contributed by atoms with Crippen molar-refractivity contribution in [1.82, 2.24) is 14.9 Å². The monoisotopic (exact) mass is 353 g/mol. The number of carbonyl (C=O) groups excluding carboxylic acids is 1. The molecular formula is C16H23N3O4S. The fraction of sp³-hybridized carbons (Fsp3) is 0.438. The normalized spacial score (nSPS) is 18.8. The number of rotatable bonds is 5. The number of ether oxygens (including phenoxy) is 1. The zero-order chi connectivity index (χ0) is 17.7. The summed E-state index contributed by atoms with van der Waals surface area (Å²) < 4.78 is 31.5. The van der Waals surface area contributed by atoms with Gasteiger partial charge in [-0.1, -0.05) is 6.07 Å². The third-order valence-corrected chi connectivity index (χ3v) is 5.28. The molecule has 1 saturated heterocycles. The molecule has 132 valence electrons. The van der Waals surface area contributed by atoms with Gasteiger partial charge in [0.05, 0.1) is 7.11 Å². The van der Waals surface area contributed by atoms with Gasteiger partial charge in [-0.25, -0.2) is 13.1 Å². The van der Waals surface area contributed by atoms with Crippen molar-refractivity contribution in [3.63, 3.8) is 0 Å². The number of carbonyl (C=O) groups is 1. The Hall–Kier alpha value is -1.90. The molecular weight excluding hydrogens is 330 g/mol. The van der Waals surface area contributed by atoms with Crippen LogP contribution in [0.15, 0.2) is 29.2 Å².